The number of halogens is 4. The van der Waals surface area contributed by atoms with E-state index in [2.05, 4.69) is 0 Å². The van der Waals surface area contributed by atoms with Gasteiger partial charge in [-0.3, -0.25) is 0 Å². The van der Waals surface area contributed by atoms with Gasteiger partial charge in [-0.1, -0.05) is 24.3 Å². The highest BCUT2D eigenvalue weighted by Crippen LogP contribution is 2.43. The molecule has 3 nitrogen and oxygen atoms in total. The third-order valence-corrected chi connectivity index (χ3v) is 4.81. The van der Waals surface area contributed by atoms with E-state index < -0.39 is 23.3 Å². The molecule has 0 unspecified atom stereocenters. The van der Waals surface area contributed by atoms with Crippen molar-refractivity contribution in [1.82, 2.24) is 0 Å². The van der Waals surface area contributed by atoms with Crippen molar-refractivity contribution >= 4 is 11.4 Å². The Morgan fingerprint density at radius 3 is 1.48 bits per heavy atom. The van der Waals surface area contributed by atoms with Gasteiger partial charge in [-0.15, -0.1) is 0 Å². The zero-order chi connectivity index (χ0) is 20.5. The van der Waals surface area contributed by atoms with E-state index in [4.69, 9.17) is 5.73 Å². The number of fused-ring (bicyclic) bond motifs is 1. The van der Waals surface area contributed by atoms with Crippen LogP contribution in [0.5, 0.6) is 0 Å². The normalized spacial score (nSPS) is 13.0. The van der Waals surface area contributed by atoms with Gasteiger partial charge in [0, 0.05) is 19.3 Å². The fourth-order valence-corrected chi connectivity index (χ4v) is 3.47. The van der Waals surface area contributed by atoms with E-state index >= 15 is 0 Å². The first kappa shape index (κ1) is 18.9. The number of rotatable bonds is 4. The van der Waals surface area contributed by atoms with Gasteiger partial charge in [-0.2, -0.15) is 0 Å². The standard InChI is InChI=1S/C22H17F4N3/c23-16-7-5-14(9-18(16)25)12-28-20-3-1-2-4-21(20)29(22(28)11-27)13-15-6-8-17(24)19(26)10-15/h1-11H,12-13,27H2. The summed E-state index contributed by atoms with van der Waals surface area (Å²) in [5.41, 5.74) is 8.65. The number of anilines is 2. The van der Waals surface area contributed by atoms with Crippen molar-refractivity contribution in [2.24, 2.45) is 5.73 Å². The Labute approximate surface area is 165 Å². The fourth-order valence-electron chi connectivity index (χ4n) is 3.47. The molecule has 1 aliphatic heterocycles. The van der Waals surface area contributed by atoms with Crippen LogP contribution in [0.2, 0.25) is 0 Å². The largest absolute Gasteiger partial charge is 0.402 e. The highest BCUT2D eigenvalue weighted by molar-refractivity contribution is 5.82. The minimum Gasteiger partial charge on any atom is -0.402 e. The van der Waals surface area contributed by atoms with E-state index in [1.54, 1.807) is 0 Å². The second-order valence-corrected chi connectivity index (χ2v) is 6.68. The van der Waals surface area contributed by atoms with Gasteiger partial charge in [-0.05, 0) is 47.5 Å². The van der Waals surface area contributed by atoms with Crippen molar-refractivity contribution in [2.75, 3.05) is 9.80 Å². The van der Waals surface area contributed by atoms with Gasteiger partial charge in [0.25, 0.3) is 0 Å². The van der Waals surface area contributed by atoms with Crippen LogP contribution in [0.25, 0.3) is 0 Å². The second-order valence-electron chi connectivity index (χ2n) is 6.68. The van der Waals surface area contributed by atoms with E-state index in [0.29, 0.717) is 16.9 Å². The zero-order valence-electron chi connectivity index (χ0n) is 15.2. The molecule has 0 radical (unpaired) electrons. The lowest BCUT2D eigenvalue weighted by molar-refractivity contribution is 0.507. The zero-order valence-corrected chi connectivity index (χ0v) is 15.2. The molecule has 3 aromatic rings. The van der Waals surface area contributed by atoms with Gasteiger partial charge >= 0.3 is 0 Å². The molecule has 0 saturated carbocycles. The summed E-state index contributed by atoms with van der Waals surface area (Å²) in [7, 11) is 0. The van der Waals surface area contributed by atoms with Crippen molar-refractivity contribution in [2.45, 2.75) is 13.1 Å². The van der Waals surface area contributed by atoms with Gasteiger partial charge in [0.05, 0.1) is 11.4 Å². The van der Waals surface area contributed by atoms with Crippen LogP contribution in [-0.2, 0) is 13.1 Å². The summed E-state index contributed by atoms with van der Waals surface area (Å²) in [6.45, 7) is 0.511. The molecule has 0 spiro atoms. The highest BCUT2D eigenvalue weighted by atomic mass is 19.2. The molecule has 148 valence electrons. The molecule has 3 aromatic carbocycles. The fraction of sp³-hybridized carbons (Fsp3) is 0.0909. The first-order valence-electron chi connectivity index (χ1n) is 8.92. The van der Waals surface area contributed by atoms with E-state index in [1.165, 1.54) is 18.3 Å². The first-order valence-corrected chi connectivity index (χ1v) is 8.92. The SMILES string of the molecule is NC=C1N(Cc2ccc(F)c(F)c2)c2ccccc2N1Cc1ccc(F)c(F)c1. The van der Waals surface area contributed by atoms with Crippen LogP contribution in [0.1, 0.15) is 11.1 Å². The minimum absolute atomic E-state index is 0.255. The maximum Gasteiger partial charge on any atom is 0.159 e. The van der Waals surface area contributed by atoms with Gasteiger partial charge in [0.2, 0.25) is 0 Å². The summed E-state index contributed by atoms with van der Waals surface area (Å²) in [5.74, 6) is -3.07. The molecule has 1 aliphatic rings. The topological polar surface area (TPSA) is 32.5 Å². The van der Waals surface area contributed by atoms with Crippen LogP contribution in [0.3, 0.4) is 0 Å². The first-order chi connectivity index (χ1) is 14.0. The van der Waals surface area contributed by atoms with Crippen LogP contribution >= 0.6 is 0 Å². The molecule has 1 heterocycles. The molecule has 29 heavy (non-hydrogen) atoms. The Hall–Kier alpha value is -3.48. The third kappa shape index (κ3) is 3.51. The number of nitrogens with zero attached hydrogens (tertiary/aromatic N) is 2. The lowest BCUT2D eigenvalue weighted by Crippen LogP contribution is -2.29. The second kappa shape index (κ2) is 7.50. The Bertz CT molecular complexity index is 1010. The molecule has 0 aliphatic carbocycles. The van der Waals surface area contributed by atoms with Crippen molar-refractivity contribution < 1.29 is 17.6 Å². The molecule has 0 amide bonds. The summed E-state index contributed by atoms with van der Waals surface area (Å²) in [4.78, 5) is 3.73. The molecule has 7 heteroatoms. The number of hydrogen-bond acceptors (Lipinski definition) is 3. The van der Waals surface area contributed by atoms with Gasteiger partial charge in [0.15, 0.2) is 23.3 Å². The summed E-state index contributed by atoms with van der Waals surface area (Å²) >= 11 is 0. The molecular weight excluding hydrogens is 382 g/mol. The van der Waals surface area contributed by atoms with Crippen molar-refractivity contribution in [3.05, 3.63) is 107 Å². The number of benzene rings is 3. The van der Waals surface area contributed by atoms with Crippen LogP contribution < -0.4 is 15.5 Å². The molecule has 0 atom stereocenters. The minimum atomic E-state index is -0.924. The average Bonchev–Trinajstić information content (AvgIpc) is 3.00. The molecule has 0 fully saturated rings. The Morgan fingerprint density at radius 2 is 1.10 bits per heavy atom. The van der Waals surface area contributed by atoms with Crippen LogP contribution in [0.15, 0.2) is 72.7 Å². The van der Waals surface area contributed by atoms with E-state index in [0.717, 1.165) is 35.6 Å². The monoisotopic (exact) mass is 399 g/mol. The summed E-state index contributed by atoms with van der Waals surface area (Å²) in [6.07, 6.45) is 1.40. The molecule has 0 aromatic heterocycles. The quantitative estimate of drug-likeness (QED) is 0.625. The van der Waals surface area contributed by atoms with Crippen molar-refractivity contribution in [1.29, 1.82) is 0 Å². The van der Waals surface area contributed by atoms with Gasteiger partial charge in [-0.25, -0.2) is 17.6 Å². The van der Waals surface area contributed by atoms with Crippen LogP contribution in [0, 0.1) is 23.3 Å². The smallest absolute Gasteiger partial charge is 0.159 e. The van der Waals surface area contributed by atoms with E-state index in [1.807, 2.05) is 34.1 Å². The average molecular weight is 399 g/mol. The lowest BCUT2D eigenvalue weighted by atomic mass is 10.2. The Morgan fingerprint density at radius 1 is 0.655 bits per heavy atom. The van der Waals surface area contributed by atoms with Crippen molar-refractivity contribution in [3.63, 3.8) is 0 Å². The summed E-state index contributed by atoms with van der Waals surface area (Å²) in [6, 6.07) is 14.9. The number of para-hydroxylation sites is 2. The molecule has 0 saturated heterocycles. The molecule has 2 N–H and O–H groups in total. The predicted molar refractivity (Wildman–Crippen MR) is 104 cm³/mol. The van der Waals surface area contributed by atoms with Crippen molar-refractivity contribution in [3.8, 4) is 0 Å². The summed E-state index contributed by atoms with van der Waals surface area (Å²) in [5, 5.41) is 0. The third-order valence-electron chi connectivity index (χ3n) is 4.81. The number of nitrogens with two attached hydrogens (primary N) is 1. The molecular formula is C22H17F4N3. The maximum absolute atomic E-state index is 13.7. The highest BCUT2D eigenvalue weighted by Gasteiger charge is 2.31. The van der Waals surface area contributed by atoms with Gasteiger partial charge < -0.3 is 15.5 Å². The maximum atomic E-state index is 13.7. The number of hydrogen-bond donors (Lipinski definition) is 1. The van der Waals surface area contributed by atoms with Gasteiger partial charge in [0.1, 0.15) is 5.82 Å². The summed E-state index contributed by atoms with van der Waals surface area (Å²) < 4.78 is 53.9. The molecule has 0 bridgehead atoms. The van der Waals surface area contributed by atoms with Crippen LogP contribution in [-0.4, -0.2) is 0 Å². The Balaban J connectivity index is 1.70. The molecule has 4 rings (SSSR count). The van der Waals surface area contributed by atoms with E-state index in [-0.39, 0.29) is 13.1 Å². The lowest BCUT2D eigenvalue weighted by Gasteiger charge is -2.25. The van der Waals surface area contributed by atoms with Crippen LogP contribution in [0.4, 0.5) is 28.9 Å². The predicted octanol–water partition coefficient (Wildman–Crippen LogP) is 5.03. The van der Waals surface area contributed by atoms with E-state index in [9.17, 15) is 17.6 Å². The Kier molecular flexibility index (Phi) is 4.88.